The van der Waals surface area contributed by atoms with Crippen LogP contribution in [0.1, 0.15) is 70.4 Å². The molecular weight excluding hydrogens is 260 g/mol. The maximum absolute atomic E-state index is 9.44. The monoisotopic (exact) mass is 292 g/mol. The first-order chi connectivity index (χ1) is 10.2. The van der Waals surface area contributed by atoms with Crippen molar-refractivity contribution in [3.63, 3.8) is 0 Å². The van der Waals surface area contributed by atoms with Crippen LogP contribution in [0.5, 0.6) is 5.75 Å². The lowest BCUT2D eigenvalue weighted by atomic mass is 9.96. The Balaban J connectivity index is 2.80. The number of hydrogen-bond acceptors (Lipinski definition) is 2. The van der Waals surface area contributed by atoms with Crippen LogP contribution < -0.4 is 4.74 Å². The van der Waals surface area contributed by atoms with Crippen molar-refractivity contribution in [2.45, 2.75) is 78.2 Å². The molecular formula is C19H32O2. The predicted octanol–water partition coefficient (Wildman–Crippen LogP) is 4.91. The first-order valence-corrected chi connectivity index (χ1v) is 8.60. The molecule has 1 N–H and O–H groups in total. The maximum atomic E-state index is 9.44. The summed E-state index contributed by atoms with van der Waals surface area (Å²) < 4.78 is 5.83. The molecule has 120 valence electrons. The highest BCUT2D eigenvalue weighted by Gasteiger charge is 2.10. The minimum atomic E-state index is -0.419. The molecule has 0 radical (unpaired) electrons. The third-order valence-corrected chi connectivity index (χ3v) is 3.79. The van der Waals surface area contributed by atoms with Crippen molar-refractivity contribution in [3.05, 3.63) is 29.3 Å². The molecule has 0 aromatic heterocycles. The molecule has 0 spiro atoms. The van der Waals surface area contributed by atoms with Gasteiger partial charge < -0.3 is 9.84 Å². The number of hydrogen-bond donors (Lipinski definition) is 1. The van der Waals surface area contributed by atoms with Gasteiger partial charge in [-0.15, -0.1) is 0 Å². The molecule has 21 heavy (non-hydrogen) atoms. The quantitative estimate of drug-likeness (QED) is 0.587. The zero-order valence-corrected chi connectivity index (χ0v) is 14.0. The Morgan fingerprint density at radius 1 is 1.00 bits per heavy atom. The second-order valence-electron chi connectivity index (χ2n) is 5.97. The van der Waals surface area contributed by atoms with Gasteiger partial charge in [0.15, 0.2) is 0 Å². The lowest BCUT2D eigenvalue weighted by molar-refractivity contribution is 0.122. The molecule has 1 aromatic carbocycles. The fourth-order valence-electron chi connectivity index (χ4n) is 2.59. The number of aliphatic hydroxyl groups excluding tert-OH is 1. The molecule has 0 bridgehead atoms. The van der Waals surface area contributed by atoms with Crippen LogP contribution in [-0.2, 0) is 12.8 Å². The van der Waals surface area contributed by atoms with Gasteiger partial charge in [-0.05, 0) is 49.8 Å². The number of benzene rings is 1. The average molecular weight is 292 g/mol. The molecule has 1 atom stereocenters. The molecule has 0 heterocycles. The largest absolute Gasteiger partial charge is 0.491 e. The van der Waals surface area contributed by atoms with Crippen molar-refractivity contribution < 1.29 is 9.84 Å². The first-order valence-electron chi connectivity index (χ1n) is 8.60. The van der Waals surface area contributed by atoms with E-state index in [0.717, 1.165) is 18.6 Å². The van der Waals surface area contributed by atoms with Gasteiger partial charge in [-0.1, -0.05) is 51.7 Å². The van der Waals surface area contributed by atoms with Crippen LogP contribution in [0.2, 0.25) is 0 Å². The van der Waals surface area contributed by atoms with Crippen molar-refractivity contribution >= 4 is 0 Å². The van der Waals surface area contributed by atoms with Crippen LogP contribution in [0.4, 0.5) is 0 Å². The number of aryl methyl sites for hydroxylation is 1. The Morgan fingerprint density at radius 2 is 1.67 bits per heavy atom. The lowest BCUT2D eigenvalue weighted by Crippen LogP contribution is -2.14. The summed E-state index contributed by atoms with van der Waals surface area (Å²) in [6.07, 6.45) is 9.31. The number of ether oxygens (including phenoxy) is 1. The van der Waals surface area contributed by atoms with E-state index in [1.54, 1.807) is 6.92 Å². The molecule has 1 rings (SSSR count). The van der Waals surface area contributed by atoms with Crippen molar-refractivity contribution in [3.8, 4) is 5.75 Å². The van der Waals surface area contributed by atoms with Crippen molar-refractivity contribution in [2.24, 2.45) is 0 Å². The first kappa shape index (κ1) is 18.0. The van der Waals surface area contributed by atoms with Gasteiger partial charge >= 0.3 is 0 Å². The maximum Gasteiger partial charge on any atom is 0.122 e. The Morgan fingerprint density at radius 3 is 2.29 bits per heavy atom. The second kappa shape index (κ2) is 10.7. The minimum Gasteiger partial charge on any atom is -0.491 e. The van der Waals surface area contributed by atoms with Gasteiger partial charge in [0.1, 0.15) is 12.4 Å². The number of unbranched alkanes of at least 4 members (excludes halogenated alkanes) is 4. The van der Waals surface area contributed by atoms with Gasteiger partial charge in [0.05, 0.1) is 6.10 Å². The fraction of sp³-hybridized carbons (Fsp3) is 0.684. The molecule has 0 saturated heterocycles. The van der Waals surface area contributed by atoms with Crippen molar-refractivity contribution in [1.29, 1.82) is 0 Å². The summed E-state index contributed by atoms with van der Waals surface area (Å²) in [5, 5.41) is 9.44. The van der Waals surface area contributed by atoms with Crippen LogP contribution in [0.3, 0.4) is 0 Å². The summed E-state index contributed by atoms with van der Waals surface area (Å²) in [6.45, 7) is 6.61. The van der Waals surface area contributed by atoms with Gasteiger partial charge in [-0.3, -0.25) is 0 Å². The van der Waals surface area contributed by atoms with Crippen molar-refractivity contribution in [2.75, 3.05) is 6.61 Å². The number of aliphatic hydroxyl groups is 1. The van der Waals surface area contributed by atoms with Crippen LogP contribution >= 0.6 is 0 Å². The van der Waals surface area contributed by atoms with Crippen LogP contribution in [0.15, 0.2) is 18.2 Å². The predicted molar refractivity (Wildman–Crippen MR) is 90.1 cm³/mol. The summed E-state index contributed by atoms with van der Waals surface area (Å²) in [6, 6.07) is 6.38. The average Bonchev–Trinajstić information content (AvgIpc) is 2.47. The third-order valence-electron chi connectivity index (χ3n) is 3.79. The van der Waals surface area contributed by atoms with E-state index in [1.807, 2.05) is 6.07 Å². The van der Waals surface area contributed by atoms with Gasteiger partial charge in [0.2, 0.25) is 0 Å². The summed E-state index contributed by atoms with van der Waals surface area (Å²) in [5.41, 5.74) is 2.80. The third kappa shape index (κ3) is 6.99. The van der Waals surface area contributed by atoms with E-state index >= 15 is 0 Å². The van der Waals surface area contributed by atoms with E-state index < -0.39 is 6.10 Å². The Labute approximate surface area is 130 Å². The topological polar surface area (TPSA) is 29.5 Å². The van der Waals surface area contributed by atoms with Crippen LogP contribution in [-0.4, -0.2) is 17.8 Å². The van der Waals surface area contributed by atoms with Gasteiger partial charge in [0, 0.05) is 0 Å². The Kier molecular flexibility index (Phi) is 9.16. The fourth-order valence-corrected chi connectivity index (χ4v) is 2.59. The van der Waals surface area contributed by atoms with E-state index in [1.165, 1.54) is 49.7 Å². The van der Waals surface area contributed by atoms with E-state index in [4.69, 9.17) is 4.74 Å². The highest BCUT2D eigenvalue weighted by Crippen LogP contribution is 2.26. The summed E-state index contributed by atoms with van der Waals surface area (Å²) in [5.74, 6) is 0.973. The van der Waals surface area contributed by atoms with E-state index in [9.17, 15) is 5.11 Å². The second-order valence-corrected chi connectivity index (χ2v) is 5.97. The van der Waals surface area contributed by atoms with Gasteiger partial charge in [0.25, 0.3) is 0 Å². The lowest BCUT2D eigenvalue weighted by Gasteiger charge is -2.16. The standard InChI is InChI=1S/C19H32O2/c1-4-6-8-11-17-12-10-14-19(21-15-16(3)20)18(17)13-9-7-5-2/h10,12,14,16,20H,4-9,11,13,15H2,1-3H3. The molecule has 0 aliphatic rings. The summed E-state index contributed by atoms with van der Waals surface area (Å²) in [7, 11) is 0. The van der Waals surface area contributed by atoms with Crippen LogP contribution in [0, 0.1) is 0 Å². The van der Waals surface area contributed by atoms with E-state index in [-0.39, 0.29) is 0 Å². The van der Waals surface area contributed by atoms with Gasteiger partial charge in [-0.25, -0.2) is 0 Å². The molecule has 0 saturated carbocycles. The van der Waals surface area contributed by atoms with E-state index in [0.29, 0.717) is 6.61 Å². The molecule has 0 fully saturated rings. The highest BCUT2D eigenvalue weighted by molar-refractivity contribution is 5.40. The molecule has 2 nitrogen and oxygen atoms in total. The van der Waals surface area contributed by atoms with Crippen LogP contribution in [0.25, 0.3) is 0 Å². The summed E-state index contributed by atoms with van der Waals surface area (Å²) in [4.78, 5) is 0. The van der Waals surface area contributed by atoms with Crippen molar-refractivity contribution in [1.82, 2.24) is 0 Å². The van der Waals surface area contributed by atoms with Gasteiger partial charge in [-0.2, -0.15) is 0 Å². The van der Waals surface area contributed by atoms with E-state index in [2.05, 4.69) is 26.0 Å². The summed E-state index contributed by atoms with van der Waals surface area (Å²) >= 11 is 0. The highest BCUT2D eigenvalue weighted by atomic mass is 16.5. The molecule has 1 unspecified atom stereocenters. The molecule has 1 aromatic rings. The molecule has 0 amide bonds. The normalized spacial score (nSPS) is 12.4. The minimum absolute atomic E-state index is 0.374. The zero-order chi connectivity index (χ0) is 15.5. The SMILES string of the molecule is CCCCCc1cccc(OCC(C)O)c1CCCCC. The number of rotatable bonds is 11. The Hall–Kier alpha value is -1.02. The Bertz CT molecular complexity index is 385. The molecule has 2 heteroatoms. The smallest absolute Gasteiger partial charge is 0.122 e. The molecule has 0 aliphatic carbocycles. The zero-order valence-electron chi connectivity index (χ0n) is 14.0. The molecule has 0 aliphatic heterocycles.